The van der Waals surface area contributed by atoms with Crippen molar-refractivity contribution >= 4 is 43.0 Å². The van der Waals surface area contributed by atoms with Crippen molar-refractivity contribution in [2.24, 2.45) is 0 Å². The fraction of sp³-hybridized carbons (Fsp3) is 0.111. The van der Waals surface area contributed by atoms with Crippen LogP contribution >= 0.6 is 15.9 Å². The standard InChI is InChI=1S/C15H11Br.C12H12/c1-10-11-6-2-4-8-13(11)15(16)14-9-5-3-7-12(10)14;1-10-6-2-3-7-11-8-4-5-9-12(10)11/h2-9H,1H3;2-6,8-9H,7H2,1H3. The monoisotopic (exact) mass is 426 g/mol. The average Bonchev–Trinajstić information content (AvgIpc) is 2.94. The summed E-state index contributed by atoms with van der Waals surface area (Å²) in [7, 11) is 0. The number of allylic oxidation sites excluding steroid dienone is 4. The maximum absolute atomic E-state index is 3.72. The first-order valence-corrected chi connectivity index (χ1v) is 10.4. The summed E-state index contributed by atoms with van der Waals surface area (Å²) < 4.78 is 1.20. The van der Waals surface area contributed by atoms with Gasteiger partial charge in [0.1, 0.15) is 0 Å². The van der Waals surface area contributed by atoms with Crippen LogP contribution in [-0.4, -0.2) is 0 Å². The molecular weight excluding hydrogens is 404 g/mol. The highest BCUT2D eigenvalue weighted by Gasteiger charge is 2.08. The van der Waals surface area contributed by atoms with Crippen molar-refractivity contribution in [3.05, 3.63) is 112 Å². The van der Waals surface area contributed by atoms with Crippen molar-refractivity contribution in [1.82, 2.24) is 0 Å². The minimum atomic E-state index is 1.06. The van der Waals surface area contributed by atoms with Gasteiger partial charge in [-0.25, -0.2) is 0 Å². The van der Waals surface area contributed by atoms with Crippen molar-refractivity contribution in [2.75, 3.05) is 0 Å². The van der Waals surface area contributed by atoms with E-state index in [1.54, 1.807) is 0 Å². The molecule has 0 nitrogen and oxygen atoms in total. The van der Waals surface area contributed by atoms with Gasteiger partial charge < -0.3 is 0 Å². The quantitative estimate of drug-likeness (QED) is 0.248. The molecule has 0 aliphatic heterocycles. The van der Waals surface area contributed by atoms with E-state index in [9.17, 15) is 0 Å². The van der Waals surface area contributed by atoms with Crippen LogP contribution in [0.3, 0.4) is 0 Å². The zero-order valence-electron chi connectivity index (χ0n) is 16.2. The van der Waals surface area contributed by atoms with Gasteiger partial charge in [-0.05, 0) is 80.0 Å². The Labute approximate surface area is 175 Å². The largest absolute Gasteiger partial charge is 0.0801 e. The number of benzene rings is 4. The predicted molar refractivity (Wildman–Crippen MR) is 127 cm³/mol. The van der Waals surface area contributed by atoms with Crippen LogP contribution in [0, 0.1) is 6.92 Å². The number of aryl methyl sites for hydroxylation is 1. The smallest absolute Gasteiger partial charge is 0.0332 e. The van der Waals surface area contributed by atoms with Gasteiger partial charge in [0.15, 0.2) is 0 Å². The van der Waals surface area contributed by atoms with Crippen LogP contribution in [0.25, 0.3) is 27.1 Å². The first-order valence-electron chi connectivity index (χ1n) is 9.64. The van der Waals surface area contributed by atoms with Crippen LogP contribution in [0.1, 0.15) is 23.6 Å². The summed E-state index contributed by atoms with van der Waals surface area (Å²) in [6.45, 7) is 4.35. The summed E-state index contributed by atoms with van der Waals surface area (Å²) in [4.78, 5) is 0. The third-order valence-corrected chi connectivity index (χ3v) is 6.25. The maximum Gasteiger partial charge on any atom is 0.0332 e. The van der Waals surface area contributed by atoms with Crippen LogP contribution in [0.15, 0.2) is 95.5 Å². The van der Waals surface area contributed by atoms with Gasteiger partial charge >= 0.3 is 0 Å². The van der Waals surface area contributed by atoms with E-state index in [2.05, 4.69) is 121 Å². The molecule has 0 saturated heterocycles. The average molecular weight is 427 g/mol. The van der Waals surface area contributed by atoms with E-state index >= 15 is 0 Å². The van der Waals surface area contributed by atoms with E-state index < -0.39 is 0 Å². The predicted octanol–water partition coefficient (Wildman–Crippen LogP) is 8.27. The lowest BCUT2D eigenvalue weighted by atomic mass is 9.98. The highest BCUT2D eigenvalue weighted by Crippen LogP contribution is 2.35. The Morgan fingerprint density at radius 1 is 0.679 bits per heavy atom. The molecule has 0 heterocycles. The molecule has 4 aromatic carbocycles. The lowest BCUT2D eigenvalue weighted by molar-refractivity contribution is 1.26. The topological polar surface area (TPSA) is 0 Å². The fourth-order valence-electron chi connectivity index (χ4n) is 3.87. The van der Waals surface area contributed by atoms with Crippen LogP contribution in [-0.2, 0) is 6.42 Å². The highest BCUT2D eigenvalue weighted by atomic mass is 79.9. The van der Waals surface area contributed by atoms with E-state index in [0.29, 0.717) is 0 Å². The molecule has 4 aromatic rings. The molecule has 1 aliphatic carbocycles. The second kappa shape index (κ2) is 8.16. The van der Waals surface area contributed by atoms with Gasteiger partial charge in [0.25, 0.3) is 0 Å². The molecule has 0 atom stereocenters. The summed E-state index contributed by atoms with van der Waals surface area (Å²) in [5.74, 6) is 0. The van der Waals surface area contributed by atoms with E-state index in [1.807, 2.05) is 0 Å². The summed E-state index contributed by atoms with van der Waals surface area (Å²) in [5, 5.41) is 5.23. The Morgan fingerprint density at radius 3 is 1.86 bits per heavy atom. The second-order valence-electron chi connectivity index (χ2n) is 7.17. The van der Waals surface area contributed by atoms with Crippen molar-refractivity contribution in [3.63, 3.8) is 0 Å². The molecule has 1 aliphatic rings. The van der Waals surface area contributed by atoms with E-state index in [4.69, 9.17) is 0 Å². The Morgan fingerprint density at radius 2 is 1.21 bits per heavy atom. The normalized spacial score (nSPS) is 12.8. The van der Waals surface area contributed by atoms with Crippen molar-refractivity contribution in [2.45, 2.75) is 20.3 Å². The first-order chi connectivity index (χ1) is 13.7. The van der Waals surface area contributed by atoms with Crippen LogP contribution in [0.2, 0.25) is 0 Å². The molecule has 1 heteroatoms. The lowest BCUT2D eigenvalue weighted by Crippen LogP contribution is -1.87. The third-order valence-electron chi connectivity index (χ3n) is 5.40. The number of hydrogen-bond acceptors (Lipinski definition) is 0. The SMILES string of the molecule is CC1=CC=CCc2ccccc21.Cc1c2ccccc2c(Br)c2ccccc12. The summed E-state index contributed by atoms with van der Waals surface area (Å²) in [5.41, 5.74) is 5.54. The van der Waals surface area contributed by atoms with Crippen LogP contribution < -0.4 is 0 Å². The molecule has 0 aromatic heterocycles. The molecule has 0 unspecified atom stereocenters. The third kappa shape index (κ3) is 3.55. The van der Waals surface area contributed by atoms with Crippen LogP contribution in [0.5, 0.6) is 0 Å². The van der Waals surface area contributed by atoms with Gasteiger partial charge in [0.2, 0.25) is 0 Å². The molecule has 28 heavy (non-hydrogen) atoms. The number of rotatable bonds is 0. The lowest BCUT2D eigenvalue weighted by Gasteiger charge is -2.10. The maximum atomic E-state index is 3.72. The summed E-state index contributed by atoms with van der Waals surface area (Å²) >= 11 is 3.72. The molecule has 0 saturated carbocycles. The zero-order valence-corrected chi connectivity index (χ0v) is 17.8. The van der Waals surface area contributed by atoms with Crippen molar-refractivity contribution in [1.29, 1.82) is 0 Å². The van der Waals surface area contributed by atoms with Gasteiger partial charge in [-0.3, -0.25) is 0 Å². The molecule has 0 amide bonds. The molecule has 138 valence electrons. The number of hydrogen-bond donors (Lipinski definition) is 0. The van der Waals surface area contributed by atoms with Gasteiger partial charge in [0, 0.05) is 4.47 Å². The minimum absolute atomic E-state index is 1.06. The Balaban J connectivity index is 0.000000143. The highest BCUT2D eigenvalue weighted by molar-refractivity contribution is 9.10. The van der Waals surface area contributed by atoms with Crippen molar-refractivity contribution < 1.29 is 0 Å². The molecule has 0 radical (unpaired) electrons. The zero-order chi connectivity index (χ0) is 19.5. The fourth-order valence-corrected chi connectivity index (χ4v) is 4.56. The van der Waals surface area contributed by atoms with Gasteiger partial charge in [-0.15, -0.1) is 0 Å². The van der Waals surface area contributed by atoms with E-state index in [0.717, 1.165) is 6.42 Å². The Bertz CT molecular complexity index is 1090. The van der Waals surface area contributed by atoms with E-state index in [1.165, 1.54) is 48.3 Å². The summed E-state index contributed by atoms with van der Waals surface area (Å²) in [6, 6.07) is 25.6. The molecular formula is C27H23Br. The van der Waals surface area contributed by atoms with Gasteiger partial charge in [-0.2, -0.15) is 0 Å². The first kappa shape index (κ1) is 18.7. The van der Waals surface area contributed by atoms with E-state index in [-0.39, 0.29) is 0 Å². The molecule has 0 N–H and O–H groups in total. The molecule has 0 fully saturated rings. The molecule has 0 bridgehead atoms. The van der Waals surface area contributed by atoms with Gasteiger partial charge in [0.05, 0.1) is 0 Å². The number of fused-ring (bicyclic) bond motifs is 3. The van der Waals surface area contributed by atoms with Gasteiger partial charge in [-0.1, -0.05) is 91.0 Å². The Hall–Kier alpha value is -2.64. The van der Waals surface area contributed by atoms with Crippen LogP contribution in [0.4, 0.5) is 0 Å². The molecule has 5 rings (SSSR count). The Kier molecular flexibility index (Phi) is 5.45. The summed E-state index contributed by atoms with van der Waals surface area (Å²) in [6.07, 6.45) is 7.57. The molecule has 0 spiro atoms. The minimum Gasteiger partial charge on any atom is -0.0801 e. The number of halogens is 1. The second-order valence-corrected chi connectivity index (χ2v) is 7.96. The van der Waals surface area contributed by atoms with Crippen molar-refractivity contribution in [3.8, 4) is 0 Å².